The number of benzene rings is 3. The minimum atomic E-state index is -4.06. The van der Waals surface area contributed by atoms with Crippen molar-refractivity contribution in [3.63, 3.8) is 0 Å². The molecule has 182 valence electrons. The normalized spacial score (nSPS) is 14.4. The van der Waals surface area contributed by atoms with Gasteiger partial charge in [-0.2, -0.15) is 0 Å². The first kappa shape index (κ1) is 26.3. The molecular weight excluding hydrogens is 455 g/mol. The molecule has 3 rings (SSSR count). The Kier molecular flexibility index (Phi) is 9.99. The first-order valence-corrected chi connectivity index (χ1v) is 12.5. The van der Waals surface area contributed by atoms with E-state index in [1.54, 1.807) is 0 Å². The molecule has 0 spiro atoms. The third kappa shape index (κ3) is 8.78. The topological polar surface area (TPSA) is 94.5 Å². The molecule has 0 saturated heterocycles. The van der Waals surface area contributed by atoms with Crippen LogP contribution in [0.3, 0.4) is 0 Å². The van der Waals surface area contributed by atoms with E-state index < -0.39 is 26.1 Å². The number of phosphoric acid groups is 1. The van der Waals surface area contributed by atoms with E-state index in [9.17, 15) is 14.8 Å². The van der Waals surface area contributed by atoms with Crippen molar-refractivity contribution in [3.8, 4) is 0 Å². The van der Waals surface area contributed by atoms with Gasteiger partial charge in [-0.15, -0.1) is 0 Å². The van der Waals surface area contributed by atoms with Gasteiger partial charge in [-0.05, 0) is 23.6 Å². The minimum Gasteiger partial charge on any atom is -0.388 e. The van der Waals surface area contributed by atoms with E-state index in [-0.39, 0.29) is 26.4 Å². The summed E-state index contributed by atoms with van der Waals surface area (Å²) in [6.07, 6.45) is -1.39. The van der Waals surface area contributed by atoms with Gasteiger partial charge in [0.15, 0.2) is 0 Å². The van der Waals surface area contributed by atoms with Gasteiger partial charge >= 0.3 is 7.82 Å². The number of hydrogen-bond donors (Lipinski definition) is 2. The van der Waals surface area contributed by atoms with Gasteiger partial charge in [-0.1, -0.05) is 91.0 Å². The van der Waals surface area contributed by atoms with Gasteiger partial charge in [0.05, 0.1) is 33.0 Å². The van der Waals surface area contributed by atoms with Gasteiger partial charge in [-0.25, -0.2) is 4.57 Å². The van der Waals surface area contributed by atoms with E-state index in [2.05, 4.69) is 0 Å². The second-order valence-electron chi connectivity index (χ2n) is 8.11. The lowest BCUT2D eigenvalue weighted by atomic mass is 10.0. The zero-order valence-electron chi connectivity index (χ0n) is 19.2. The fourth-order valence-electron chi connectivity index (χ4n) is 2.95. The molecule has 0 fully saturated rings. The Labute approximate surface area is 200 Å². The lowest BCUT2D eigenvalue weighted by Gasteiger charge is -2.29. The molecule has 0 aliphatic carbocycles. The molecule has 2 unspecified atom stereocenters. The molecule has 34 heavy (non-hydrogen) atoms. The standard InChI is InChI=1S/C26H31O7P/c1-26(28,21-30-17-22-11-5-2-6-12-22)25(27)20-33-34(29,31-18-23-13-7-3-8-14-23)32-19-24-15-9-4-10-16-24/h2-16,25,27-28H,17-21H2,1H3. The maximum atomic E-state index is 13.3. The average molecular weight is 487 g/mol. The quantitative estimate of drug-likeness (QED) is 0.314. The Morgan fingerprint density at radius 1 is 0.735 bits per heavy atom. The summed E-state index contributed by atoms with van der Waals surface area (Å²) in [7, 11) is -4.06. The van der Waals surface area contributed by atoms with Gasteiger partial charge in [0.25, 0.3) is 0 Å². The smallest absolute Gasteiger partial charge is 0.388 e. The van der Waals surface area contributed by atoms with Crippen LogP contribution in [-0.2, 0) is 42.7 Å². The zero-order valence-corrected chi connectivity index (χ0v) is 20.1. The maximum absolute atomic E-state index is 13.3. The second kappa shape index (κ2) is 12.9. The van der Waals surface area contributed by atoms with Crippen LogP contribution < -0.4 is 0 Å². The minimum absolute atomic E-state index is 0.000414. The molecule has 2 N–H and O–H groups in total. The SMILES string of the molecule is CC(O)(COCc1ccccc1)C(O)COP(=O)(OCc1ccccc1)OCc1ccccc1. The fourth-order valence-corrected chi connectivity index (χ4v) is 4.12. The molecule has 3 aromatic carbocycles. The summed E-state index contributed by atoms with van der Waals surface area (Å²) >= 11 is 0. The van der Waals surface area contributed by atoms with Crippen LogP contribution in [0.15, 0.2) is 91.0 Å². The van der Waals surface area contributed by atoms with Crippen LogP contribution in [0.25, 0.3) is 0 Å². The van der Waals surface area contributed by atoms with Crippen LogP contribution in [0, 0.1) is 0 Å². The van der Waals surface area contributed by atoms with Gasteiger partial charge < -0.3 is 14.9 Å². The van der Waals surface area contributed by atoms with Crippen molar-refractivity contribution in [2.75, 3.05) is 13.2 Å². The van der Waals surface area contributed by atoms with Crippen LogP contribution in [-0.4, -0.2) is 35.1 Å². The van der Waals surface area contributed by atoms with Crippen LogP contribution >= 0.6 is 7.82 Å². The van der Waals surface area contributed by atoms with E-state index in [4.69, 9.17) is 18.3 Å². The van der Waals surface area contributed by atoms with Gasteiger partial charge in [0, 0.05) is 0 Å². The van der Waals surface area contributed by atoms with Crippen molar-refractivity contribution in [1.82, 2.24) is 0 Å². The lowest BCUT2D eigenvalue weighted by Crippen LogP contribution is -2.46. The van der Waals surface area contributed by atoms with Crippen molar-refractivity contribution in [2.45, 2.75) is 38.4 Å². The summed E-state index contributed by atoms with van der Waals surface area (Å²) in [6, 6.07) is 27.9. The summed E-state index contributed by atoms with van der Waals surface area (Å²) in [5.41, 5.74) is 0.878. The summed E-state index contributed by atoms with van der Waals surface area (Å²) in [5, 5.41) is 21.2. The van der Waals surface area contributed by atoms with E-state index >= 15 is 0 Å². The summed E-state index contributed by atoms with van der Waals surface area (Å²) in [5.74, 6) is 0. The first-order chi connectivity index (χ1) is 16.4. The van der Waals surface area contributed by atoms with Crippen molar-refractivity contribution in [2.24, 2.45) is 0 Å². The predicted molar refractivity (Wildman–Crippen MR) is 129 cm³/mol. The maximum Gasteiger partial charge on any atom is 0.475 e. The van der Waals surface area contributed by atoms with E-state index in [1.807, 2.05) is 91.0 Å². The van der Waals surface area contributed by atoms with Crippen molar-refractivity contribution in [1.29, 1.82) is 0 Å². The largest absolute Gasteiger partial charge is 0.475 e. The van der Waals surface area contributed by atoms with Crippen LogP contribution in [0.5, 0.6) is 0 Å². The average Bonchev–Trinajstić information content (AvgIpc) is 2.87. The molecule has 0 radical (unpaired) electrons. The predicted octanol–water partition coefficient (Wildman–Crippen LogP) is 4.87. The number of aliphatic hydroxyl groups is 2. The first-order valence-electron chi connectivity index (χ1n) is 11.0. The molecule has 3 aromatic rings. The second-order valence-corrected chi connectivity index (χ2v) is 9.78. The highest BCUT2D eigenvalue weighted by atomic mass is 31.2. The van der Waals surface area contributed by atoms with Crippen LogP contribution in [0.2, 0.25) is 0 Å². The number of phosphoric ester groups is 1. The molecule has 0 saturated carbocycles. The van der Waals surface area contributed by atoms with Crippen LogP contribution in [0.4, 0.5) is 0 Å². The number of ether oxygens (including phenoxy) is 1. The molecule has 0 heterocycles. The van der Waals surface area contributed by atoms with Gasteiger partial charge in [-0.3, -0.25) is 13.6 Å². The highest BCUT2D eigenvalue weighted by Gasteiger charge is 2.35. The Morgan fingerprint density at radius 2 is 1.15 bits per heavy atom. The highest BCUT2D eigenvalue weighted by Crippen LogP contribution is 2.51. The summed E-state index contributed by atoms with van der Waals surface area (Å²) < 4.78 is 35.3. The van der Waals surface area contributed by atoms with Gasteiger partial charge in [0.2, 0.25) is 0 Å². The number of hydrogen-bond acceptors (Lipinski definition) is 7. The molecule has 0 amide bonds. The van der Waals surface area contributed by atoms with Gasteiger partial charge in [0.1, 0.15) is 11.7 Å². The number of aliphatic hydroxyl groups excluding tert-OH is 1. The molecular formula is C26H31O7P. The molecule has 0 aliphatic heterocycles. The lowest BCUT2D eigenvalue weighted by molar-refractivity contribution is -0.125. The molecule has 7 nitrogen and oxygen atoms in total. The zero-order chi connectivity index (χ0) is 24.3. The third-order valence-corrected chi connectivity index (χ3v) is 6.43. The molecule has 0 aliphatic rings. The van der Waals surface area contributed by atoms with Crippen molar-refractivity contribution < 1.29 is 33.1 Å². The van der Waals surface area contributed by atoms with E-state index in [1.165, 1.54) is 6.92 Å². The van der Waals surface area contributed by atoms with E-state index in [0.29, 0.717) is 0 Å². The molecule has 0 bridgehead atoms. The monoisotopic (exact) mass is 486 g/mol. The highest BCUT2D eigenvalue weighted by molar-refractivity contribution is 7.48. The van der Waals surface area contributed by atoms with Crippen LogP contribution in [0.1, 0.15) is 23.6 Å². The fraction of sp³-hybridized carbons (Fsp3) is 0.308. The molecule has 8 heteroatoms. The number of rotatable bonds is 14. The van der Waals surface area contributed by atoms with E-state index in [0.717, 1.165) is 16.7 Å². The Morgan fingerprint density at radius 3 is 1.59 bits per heavy atom. The van der Waals surface area contributed by atoms with Crippen molar-refractivity contribution in [3.05, 3.63) is 108 Å². The molecule has 2 atom stereocenters. The summed E-state index contributed by atoms with van der Waals surface area (Å²) in [6.45, 7) is 1.09. The van der Waals surface area contributed by atoms with Crippen molar-refractivity contribution >= 4 is 7.82 Å². The Hall–Kier alpha value is -2.35. The third-order valence-electron chi connectivity index (χ3n) is 5.08. The molecule has 0 aromatic heterocycles. The Bertz CT molecular complexity index is 966. The Balaban J connectivity index is 1.56. The summed E-state index contributed by atoms with van der Waals surface area (Å²) in [4.78, 5) is 0.